The second-order valence-electron chi connectivity index (χ2n) is 6.44. The van der Waals surface area contributed by atoms with E-state index in [0.29, 0.717) is 19.5 Å². The molecule has 0 spiro atoms. The van der Waals surface area contributed by atoms with Crippen molar-refractivity contribution in [1.29, 1.82) is 0 Å². The van der Waals surface area contributed by atoms with Crippen LogP contribution in [-0.2, 0) is 11.8 Å². The molecular formula is C15H27N3O2S. The normalized spacial score (nSPS) is 13.0. The Kier molecular flexibility index (Phi) is 6.61. The van der Waals surface area contributed by atoms with Gasteiger partial charge in [-0.25, -0.2) is 9.78 Å². The van der Waals surface area contributed by atoms with Crippen molar-refractivity contribution in [3.63, 3.8) is 0 Å². The van der Waals surface area contributed by atoms with Crippen LogP contribution in [0.25, 0.3) is 0 Å². The Bertz CT molecular complexity index is 452. The van der Waals surface area contributed by atoms with Gasteiger partial charge in [-0.15, -0.1) is 11.3 Å². The van der Waals surface area contributed by atoms with E-state index in [1.165, 1.54) is 0 Å². The van der Waals surface area contributed by atoms with Crippen LogP contribution in [0.2, 0.25) is 0 Å². The highest BCUT2D eigenvalue weighted by Crippen LogP contribution is 2.25. The Morgan fingerprint density at radius 1 is 1.52 bits per heavy atom. The first-order valence-electron chi connectivity index (χ1n) is 7.32. The second kappa shape index (κ2) is 7.75. The highest BCUT2D eigenvalue weighted by molar-refractivity contribution is 7.09. The number of aromatic nitrogens is 1. The van der Waals surface area contributed by atoms with Gasteiger partial charge in [0.15, 0.2) is 0 Å². The third-order valence-corrected chi connectivity index (χ3v) is 4.40. The Labute approximate surface area is 131 Å². The van der Waals surface area contributed by atoms with Crippen molar-refractivity contribution >= 4 is 17.4 Å². The predicted octanol–water partition coefficient (Wildman–Crippen LogP) is 2.40. The first-order chi connectivity index (χ1) is 9.70. The van der Waals surface area contributed by atoms with E-state index in [0.717, 1.165) is 17.1 Å². The van der Waals surface area contributed by atoms with Crippen molar-refractivity contribution in [3.8, 4) is 0 Å². The molecule has 0 radical (unpaired) electrons. The Balaban J connectivity index is 2.33. The van der Waals surface area contributed by atoms with E-state index in [4.69, 9.17) is 0 Å². The predicted molar refractivity (Wildman–Crippen MR) is 86.8 cm³/mol. The van der Waals surface area contributed by atoms with E-state index in [-0.39, 0.29) is 17.6 Å². The van der Waals surface area contributed by atoms with E-state index in [1.807, 2.05) is 0 Å². The fraction of sp³-hybridized carbons (Fsp3) is 0.733. The molecule has 5 nitrogen and oxygen atoms in total. The Hall–Kier alpha value is -1.14. The summed E-state index contributed by atoms with van der Waals surface area (Å²) < 4.78 is 0. The van der Waals surface area contributed by atoms with Gasteiger partial charge in [0.25, 0.3) is 0 Å². The van der Waals surface area contributed by atoms with E-state index in [9.17, 15) is 9.90 Å². The number of aliphatic hydroxyl groups is 1. The van der Waals surface area contributed by atoms with Crippen LogP contribution in [0, 0.1) is 0 Å². The summed E-state index contributed by atoms with van der Waals surface area (Å²) >= 11 is 1.67. The lowest BCUT2D eigenvalue weighted by Crippen LogP contribution is -2.39. The molecule has 21 heavy (non-hydrogen) atoms. The molecule has 0 bridgehead atoms. The number of nitrogens with one attached hydrogen (secondary N) is 1. The largest absolute Gasteiger partial charge is 0.393 e. The van der Waals surface area contributed by atoms with E-state index >= 15 is 0 Å². The topological polar surface area (TPSA) is 65.5 Å². The number of carbonyl (C=O) groups is 1. The number of thiazole rings is 1. The van der Waals surface area contributed by atoms with Crippen molar-refractivity contribution in [2.75, 3.05) is 20.1 Å². The van der Waals surface area contributed by atoms with Gasteiger partial charge in [-0.3, -0.25) is 0 Å². The number of hydrogen-bond acceptors (Lipinski definition) is 4. The summed E-state index contributed by atoms with van der Waals surface area (Å²) in [4.78, 5) is 18.0. The van der Waals surface area contributed by atoms with Crippen molar-refractivity contribution in [2.24, 2.45) is 0 Å². The maximum atomic E-state index is 11.8. The molecule has 2 amide bonds. The minimum absolute atomic E-state index is 0.0768. The smallest absolute Gasteiger partial charge is 0.317 e. The summed E-state index contributed by atoms with van der Waals surface area (Å²) in [5, 5.41) is 15.3. The Morgan fingerprint density at radius 3 is 2.71 bits per heavy atom. The van der Waals surface area contributed by atoms with E-state index in [1.54, 1.807) is 30.2 Å². The average Bonchev–Trinajstić information content (AvgIpc) is 2.84. The van der Waals surface area contributed by atoms with E-state index < -0.39 is 0 Å². The van der Waals surface area contributed by atoms with Gasteiger partial charge >= 0.3 is 6.03 Å². The molecule has 0 fully saturated rings. The number of amides is 2. The number of hydrogen-bond donors (Lipinski definition) is 2. The minimum Gasteiger partial charge on any atom is -0.393 e. The van der Waals surface area contributed by atoms with Gasteiger partial charge in [-0.2, -0.15) is 0 Å². The number of urea groups is 1. The third-order valence-electron chi connectivity index (χ3n) is 3.08. The zero-order chi connectivity index (χ0) is 16.0. The van der Waals surface area contributed by atoms with Gasteiger partial charge in [-0.05, 0) is 13.3 Å². The molecule has 1 aromatic heterocycles. The summed E-state index contributed by atoms with van der Waals surface area (Å²) in [5.41, 5.74) is 1.10. The van der Waals surface area contributed by atoms with Crippen LogP contribution in [0.15, 0.2) is 5.38 Å². The maximum absolute atomic E-state index is 11.8. The van der Waals surface area contributed by atoms with Crippen molar-refractivity contribution in [2.45, 2.75) is 52.1 Å². The van der Waals surface area contributed by atoms with Gasteiger partial charge in [0, 0.05) is 37.4 Å². The maximum Gasteiger partial charge on any atom is 0.317 e. The van der Waals surface area contributed by atoms with Crippen LogP contribution in [0.3, 0.4) is 0 Å². The summed E-state index contributed by atoms with van der Waals surface area (Å²) in [7, 11) is 1.73. The summed E-state index contributed by atoms with van der Waals surface area (Å²) in [6, 6.07) is -0.109. The molecule has 0 aliphatic heterocycles. The molecule has 0 saturated carbocycles. The molecule has 120 valence electrons. The standard InChI is InChI=1S/C15H27N3O2S/c1-11(19)7-9-18(5)14(20)16-8-6-12-10-21-13(17-12)15(2,3)4/h10-11,19H,6-9H2,1-5H3,(H,16,20). The lowest BCUT2D eigenvalue weighted by molar-refractivity contribution is 0.163. The van der Waals surface area contributed by atoms with Gasteiger partial charge in [0.05, 0.1) is 16.8 Å². The minimum atomic E-state index is -0.383. The summed E-state index contributed by atoms with van der Waals surface area (Å²) in [5.74, 6) is 0. The molecule has 0 aliphatic rings. The third kappa shape index (κ3) is 6.44. The van der Waals surface area contributed by atoms with Gasteiger partial charge in [-0.1, -0.05) is 20.8 Å². The molecule has 1 aromatic rings. The van der Waals surface area contributed by atoms with Crippen molar-refractivity contribution in [3.05, 3.63) is 16.1 Å². The number of carbonyl (C=O) groups excluding carboxylic acids is 1. The van der Waals surface area contributed by atoms with Crippen LogP contribution in [0.5, 0.6) is 0 Å². The number of rotatable bonds is 6. The average molecular weight is 313 g/mol. The molecule has 1 heterocycles. The Morgan fingerprint density at radius 2 is 2.19 bits per heavy atom. The first-order valence-corrected chi connectivity index (χ1v) is 8.20. The quantitative estimate of drug-likeness (QED) is 0.847. The van der Waals surface area contributed by atoms with Crippen LogP contribution >= 0.6 is 11.3 Å². The van der Waals surface area contributed by atoms with E-state index in [2.05, 4.69) is 36.5 Å². The molecular weight excluding hydrogens is 286 g/mol. The lowest BCUT2D eigenvalue weighted by atomic mass is 9.98. The first kappa shape index (κ1) is 17.9. The monoisotopic (exact) mass is 313 g/mol. The zero-order valence-electron chi connectivity index (χ0n) is 13.6. The molecule has 0 aromatic carbocycles. The highest BCUT2D eigenvalue weighted by atomic mass is 32.1. The van der Waals surface area contributed by atoms with Gasteiger partial charge in [0.1, 0.15) is 0 Å². The molecule has 2 N–H and O–H groups in total. The van der Waals surface area contributed by atoms with Crippen molar-refractivity contribution < 1.29 is 9.90 Å². The van der Waals surface area contributed by atoms with Crippen LogP contribution in [0.4, 0.5) is 4.79 Å². The molecule has 1 unspecified atom stereocenters. The van der Waals surface area contributed by atoms with Crippen LogP contribution < -0.4 is 5.32 Å². The lowest BCUT2D eigenvalue weighted by Gasteiger charge is -2.18. The summed E-state index contributed by atoms with van der Waals surface area (Å²) in [6.45, 7) is 9.29. The molecule has 1 rings (SSSR count). The van der Waals surface area contributed by atoms with Gasteiger partial charge in [0.2, 0.25) is 0 Å². The number of nitrogens with zero attached hydrogens (tertiary/aromatic N) is 2. The zero-order valence-corrected chi connectivity index (χ0v) is 14.5. The highest BCUT2D eigenvalue weighted by Gasteiger charge is 2.18. The SMILES string of the molecule is CC(O)CCN(C)C(=O)NCCc1csc(C(C)(C)C)n1. The molecule has 6 heteroatoms. The fourth-order valence-electron chi connectivity index (χ4n) is 1.68. The summed E-state index contributed by atoms with van der Waals surface area (Å²) in [6.07, 6.45) is 0.944. The van der Waals surface area contributed by atoms with Gasteiger partial charge < -0.3 is 15.3 Å². The van der Waals surface area contributed by atoms with Crippen molar-refractivity contribution in [1.82, 2.24) is 15.2 Å². The molecule has 0 saturated heterocycles. The number of aliphatic hydroxyl groups excluding tert-OH is 1. The fourth-order valence-corrected chi connectivity index (χ4v) is 2.62. The van der Waals surface area contributed by atoms with Crippen LogP contribution in [0.1, 0.15) is 44.8 Å². The molecule has 0 aliphatic carbocycles. The van der Waals surface area contributed by atoms with Crippen LogP contribution in [-0.4, -0.2) is 47.3 Å². The second-order valence-corrected chi connectivity index (χ2v) is 7.29. The molecule has 1 atom stereocenters.